The maximum atomic E-state index is 13.2. The van der Waals surface area contributed by atoms with Gasteiger partial charge in [-0.3, -0.25) is 4.79 Å². The number of carbonyl (C=O) groups is 1. The highest BCUT2D eigenvalue weighted by Gasteiger charge is 2.28. The number of thiophene rings is 1. The van der Waals surface area contributed by atoms with Gasteiger partial charge in [0.1, 0.15) is 0 Å². The Balaban J connectivity index is 1.77. The highest BCUT2D eigenvalue weighted by molar-refractivity contribution is 7.13. The third-order valence-electron chi connectivity index (χ3n) is 5.35. The fraction of sp³-hybridized carbons (Fsp3) is 0.450. The molecular weight excluding hydrogens is 358 g/mol. The predicted octanol–water partition coefficient (Wildman–Crippen LogP) is 3.60. The van der Waals surface area contributed by atoms with Crippen LogP contribution in [0.5, 0.6) is 0 Å². The molecule has 0 bridgehead atoms. The monoisotopic (exact) mass is 383 g/mol. The maximum absolute atomic E-state index is 13.2. The van der Waals surface area contributed by atoms with Crippen LogP contribution in [0.15, 0.2) is 29.8 Å². The number of rotatable bonds is 5. The van der Waals surface area contributed by atoms with Crippen molar-refractivity contribution in [2.75, 3.05) is 6.54 Å². The maximum Gasteiger partial charge on any atom is 0.252 e. The standard InChI is InChI=1S/C20H25N5OS/c1-12(2)25-19-15(11-22-25)14(9-17(23-19)18-7-4-8-27-18)20(26)24-16-6-3-5-13(16)10-21/h4,7-9,11-13,16H,3,5-6,10,21H2,1-2H3,(H,24,26). The van der Waals surface area contributed by atoms with Crippen LogP contribution in [0.2, 0.25) is 0 Å². The lowest BCUT2D eigenvalue weighted by molar-refractivity contribution is 0.0930. The number of amides is 1. The lowest BCUT2D eigenvalue weighted by Crippen LogP contribution is -2.40. The van der Waals surface area contributed by atoms with E-state index in [-0.39, 0.29) is 18.0 Å². The van der Waals surface area contributed by atoms with Gasteiger partial charge in [0.25, 0.3) is 5.91 Å². The Bertz CT molecular complexity index is 947. The molecule has 0 saturated heterocycles. The second kappa shape index (κ2) is 7.40. The largest absolute Gasteiger partial charge is 0.349 e. The van der Waals surface area contributed by atoms with Gasteiger partial charge in [-0.15, -0.1) is 11.3 Å². The highest BCUT2D eigenvalue weighted by atomic mass is 32.1. The van der Waals surface area contributed by atoms with Gasteiger partial charge in [-0.05, 0) is 56.7 Å². The normalized spacial score (nSPS) is 19.9. The molecular formula is C20H25N5OS. The molecule has 1 aliphatic rings. The first-order chi connectivity index (χ1) is 13.1. The van der Waals surface area contributed by atoms with Crippen molar-refractivity contribution in [2.24, 2.45) is 11.7 Å². The van der Waals surface area contributed by atoms with Crippen molar-refractivity contribution in [3.05, 3.63) is 35.3 Å². The second-order valence-electron chi connectivity index (χ2n) is 7.46. The Hall–Kier alpha value is -2.25. The summed E-state index contributed by atoms with van der Waals surface area (Å²) in [6.07, 6.45) is 4.94. The van der Waals surface area contributed by atoms with Crippen LogP contribution in [0.25, 0.3) is 21.6 Å². The number of hydrogen-bond donors (Lipinski definition) is 2. The smallest absolute Gasteiger partial charge is 0.252 e. The van der Waals surface area contributed by atoms with Gasteiger partial charge >= 0.3 is 0 Å². The first-order valence-electron chi connectivity index (χ1n) is 9.51. The second-order valence-corrected chi connectivity index (χ2v) is 8.41. The Morgan fingerprint density at radius 2 is 2.30 bits per heavy atom. The average molecular weight is 384 g/mol. The Labute approximate surface area is 162 Å². The third-order valence-corrected chi connectivity index (χ3v) is 6.24. The summed E-state index contributed by atoms with van der Waals surface area (Å²) in [5, 5.41) is 10.5. The van der Waals surface area contributed by atoms with Gasteiger partial charge in [-0.25, -0.2) is 9.67 Å². The quantitative estimate of drug-likeness (QED) is 0.705. The number of aromatic nitrogens is 3. The molecule has 1 fully saturated rings. The average Bonchev–Trinajstić information content (AvgIpc) is 3.40. The van der Waals surface area contributed by atoms with Gasteiger partial charge < -0.3 is 11.1 Å². The van der Waals surface area contributed by atoms with E-state index in [0.29, 0.717) is 18.0 Å². The highest BCUT2D eigenvalue weighted by Crippen LogP contribution is 2.30. The molecule has 142 valence electrons. The number of carbonyl (C=O) groups excluding carboxylic acids is 1. The number of pyridine rings is 1. The van der Waals surface area contributed by atoms with Crippen LogP contribution in [-0.2, 0) is 0 Å². The predicted molar refractivity (Wildman–Crippen MR) is 109 cm³/mol. The van der Waals surface area contributed by atoms with E-state index in [9.17, 15) is 4.79 Å². The van der Waals surface area contributed by atoms with Crippen LogP contribution < -0.4 is 11.1 Å². The summed E-state index contributed by atoms with van der Waals surface area (Å²) in [6.45, 7) is 4.74. The zero-order valence-corrected chi connectivity index (χ0v) is 16.5. The van der Waals surface area contributed by atoms with Gasteiger partial charge in [0, 0.05) is 12.1 Å². The molecule has 3 N–H and O–H groups in total. The summed E-state index contributed by atoms with van der Waals surface area (Å²) >= 11 is 1.62. The van der Waals surface area contributed by atoms with E-state index in [2.05, 4.69) is 24.3 Å². The molecule has 6 nitrogen and oxygen atoms in total. The van der Waals surface area contributed by atoms with E-state index >= 15 is 0 Å². The van der Waals surface area contributed by atoms with Gasteiger partial charge in [0.15, 0.2) is 5.65 Å². The van der Waals surface area contributed by atoms with E-state index in [0.717, 1.165) is 40.9 Å². The fourth-order valence-corrected chi connectivity index (χ4v) is 4.58. The first-order valence-corrected chi connectivity index (χ1v) is 10.4. The van der Waals surface area contributed by atoms with Crippen molar-refractivity contribution < 1.29 is 4.79 Å². The van der Waals surface area contributed by atoms with Crippen molar-refractivity contribution in [1.29, 1.82) is 0 Å². The van der Waals surface area contributed by atoms with E-state index in [1.165, 1.54) is 0 Å². The zero-order chi connectivity index (χ0) is 19.0. The molecule has 4 rings (SSSR count). The van der Waals surface area contributed by atoms with Crippen LogP contribution in [-0.4, -0.2) is 33.3 Å². The molecule has 7 heteroatoms. The van der Waals surface area contributed by atoms with Crippen LogP contribution in [0.4, 0.5) is 0 Å². The van der Waals surface area contributed by atoms with Crippen molar-refractivity contribution >= 4 is 28.3 Å². The summed E-state index contributed by atoms with van der Waals surface area (Å²) < 4.78 is 1.88. The molecule has 3 aromatic rings. The van der Waals surface area contributed by atoms with Gasteiger partial charge in [-0.2, -0.15) is 5.10 Å². The molecule has 1 amide bonds. The first kappa shape index (κ1) is 18.1. The van der Waals surface area contributed by atoms with Crippen molar-refractivity contribution in [2.45, 2.75) is 45.2 Å². The molecule has 2 unspecified atom stereocenters. The molecule has 0 aliphatic heterocycles. The van der Waals surface area contributed by atoms with Crippen LogP contribution in [0.1, 0.15) is 49.5 Å². The molecule has 1 saturated carbocycles. The fourth-order valence-electron chi connectivity index (χ4n) is 3.89. The Morgan fingerprint density at radius 1 is 1.44 bits per heavy atom. The summed E-state index contributed by atoms with van der Waals surface area (Å²) in [5.74, 6) is 0.301. The SMILES string of the molecule is CC(C)n1ncc2c(C(=O)NC3CCCC3CN)cc(-c3cccs3)nc21. The van der Waals surface area contributed by atoms with Crippen LogP contribution >= 0.6 is 11.3 Å². The third kappa shape index (κ3) is 3.37. The van der Waals surface area contributed by atoms with Crippen LogP contribution in [0, 0.1) is 5.92 Å². The number of nitrogens with one attached hydrogen (secondary N) is 1. The summed E-state index contributed by atoms with van der Waals surface area (Å²) in [7, 11) is 0. The van der Waals surface area contributed by atoms with Crippen molar-refractivity contribution in [3.8, 4) is 10.6 Å². The summed E-state index contributed by atoms with van der Waals surface area (Å²) in [6, 6.07) is 6.23. The molecule has 3 heterocycles. The van der Waals surface area contributed by atoms with E-state index < -0.39 is 0 Å². The zero-order valence-electron chi connectivity index (χ0n) is 15.7. The minimum absolute atomic E-state index is 0.0612. The van der Waals surface area contributed by atoms with Crippen molar-refractivity contribution in [1.82, 2.24) is 20.1 Å². The molecule has 1 aliphatic carbocycles. The van der Waals surface area contributed by atoms with E-state index in [4.69, 9.17) is 10.7 Å². The molecule has 0 radical (unpaired) electrons. The number of hydrogen-bond acceptors (Lipinski definition) is 5. The number of nitrogens with two attached hydrogens (primary N) is 1. The summed E-state index contributed by atoms with van der Waals surface area (Å²) in [5.41, 5.74) is 8.08. The summed E-state index contributed by atoms with van der Waals surface area (Å²) in [4.78, 5) is 19.0. The number of fused-ring (bicyclic) bond motifs is 1. The minimum atomic E-state index is -0.0612. The topological polar surface area (TPSA) is 85.8 Å². The van der Waals surface area contributed by atoms with Crippen LogP contribution in [0.3, 0.4) is 0 Å². The van der Waals surface area contributed by atoms with E-state index in [1.807, 2.05) is 28.3 Å². The molecule has 3 aromatic heterocycles. The van der Waals surface area contributed by atoms with Gasteiger partial charge in [0.2, 0.25) is 0 Å². The molecule has 0 spiro atoms. The Kier molecular flexibility index (Phi) is 4.97. The lowest BCUT2D eigenvalue weighted by Gasteiger charge is -2.20. The molecule has 27 heavy (non-hydrogen) atoms. The van der Waals surface area contributed by atoms with Crippen molar-refractivity contribution in [3.63, 3.8) is 0 Å². The van der Waals surface area contributed by atoms with Gasteiger partial charge in [0.05, 0.1) is 27.7 Å². The Morgan fingerprint density at radius 3 is 3.00 bits per heavy atom. The van der Waals surface area contributed by atoms with Gasteiger partial charge in [-0.1, -0.05) is 12.5 Å². The molecule has 0 aromatic carbocycles. The number of nitrogens with zero attached hydrogens (tertiary/aromatic N) is 3. The minimum Gasteiger partial charge on any atom is -0.349 e. The lowest BCUT2D eigenvalue weighted by atomic mass is 10.0. The molecule has 2 atom stereocenters. The van der Waals surface area contributed by atoms with E-state index in [1.54, 1.807) is 17.5 Å².